The molecule has 1 aliphatic heterocycles. The van der Waals surface area contributed by atoms with E-state index < -0.39 is 0 Å². The average Bonchev–Trinajstić information content (AvgIpc) is 2.40. The van der Waals surface area contributed by atoms with Gasteiger partial charge >= 0.3 is 0 Å². The van der Waals surface area contributed by atoms with Crippen molar-refractivity contribution in [2.24, 2.45) is 10.7 Å². The molecule has 5 heteroatoms. The molecule has 2 rings (SSSR count). The van der Waals surface area contributed by atoms with Gasteiger partial charge in [0.2, 0.25) is 0 Å². The lowest BCUT2D eigenvalue weighted by Crippen LogP contribution is -2.38. The van der Waals surface area contributed by atoms with E-state index in [4.69, 9.17) is 10.5 Å². The number of aliphatic imine (C=N–C) groups is 1. The molecule has 0 amide bonds. The van der Waals surface area contributed by atoms with Gasteiger partial charge in [0.25, 0.3) is 0 Å². The smallest absolute Gasteiger partial charge is 0.195 e. The van der Waals surface area contributed by atoms with Crippen LogP contribution in [0.1, 0.15) is 22.7 Å². The Balaban J connectivity index is 2.40. The fraction of sp³-hybridized carbons (Fsp3) is 0.357. The predicted molar refractivity (Wildman–Crippen MR) is 77.1 cm³/mol. The minimum atomic E-state index is 0.0181. The lowest BCUT2D eigenvalue weighted by molar-refractivity contribution is 0.411. The summed E-state index contributed by atoms with van der Waals surface area (Å²) in [6.45, 7) is 4.10. The molecule has 1 unspecified atom stereocenters. The molecule has 0 aliphatic carbocycles. The molecule has 1 aliphatic rings. The van der Waals surface area contributed by atoms with Crippen LogP contribution in [0.4, 0.5) is 0 Å². The number of ether oxygens (including phenoxy) is 1. The maximum Gasteiger partial charge on any atom is 0.195 e. The Morgan fingerprint density at radius 3 is 2.68 bits per heavy atom. The van der Waals surface area contributed by atoms with E-state index in [0.717, 1.165) is 22.7 Å². The summed E-state index contributed by atoms with van der Waals surface area (Å²) in [7, 11) is 3.51. The highest BCUT2D eigenvalue weighted by Crippen LogP contribution is 2.28. The first-order valence-corrected chi connectivity index (χ1v) is 6.20. The maximum absolute atomic E-state index is 5.81. The van der Waals surface area contributed by atoms with E-state index in [1.54, 1.807) is 7.11 Å². The minimum absolute atomic E-state index is 0.0181. The van der Waals surface area contributed by atoms with Crippen molar-refractivity contribution >= 4 is 5.96 Å². The maximum atomic E-state index is 5.81. The first kappa shape index (κ1) is 13.3. The highest BCUT2D eigenvalue weighted by molar-refractivity contribution is 5.80. The second kappa shape index (κ2) is 5.22. The van der Waals surface area contributed by atoms with Crippen LogP contribution >= 0.6 is 0 Å². The summed E-state index contributed by atoms with van der Waals surface area (Å²) in [5, 5.41) is 6.19. The molecule has 1 heterocycles. The SMILES string of the molecule is CNC1=CC(c2cc(C)c(OC)cc2C)NC(N)=N1. The summed E-state index contributed by atoms with van der Waals surface area (Å²) in [5.74, 6) is 2.09. The van der Waals surface area contributed by atoms with Crippen molar-refractivity contribution in [3.63, 3.8) is 0 Å². The predicted octanol–water partition coefficient (Wildman–Crippen LogP) is 1.33. The summed E-state index contributed by atoms with van der Waals surface area (Å²) < 4.78 is 5.33. The van der Waals surface area contributed by atoms with Gasteiger partial charge in [0.1, 0.15) is 11.6 Å². The zero-order valence-corrected chi connectivity index (χ0v) is 11.7. The monoisotopic (exact) mass is 260 g/mol. The van der Waals surface area contributed by atoms with Gasteiger partial charge in [-0.3, -0.25) is 0 Å². The molecule has 0 saturated carbocycles. The Labute approximate surface area is 113 Å². The molecule has 0 bridgehead atoms. The first-order valence-electron chi connectivity index (χ1n) is 6.20. The third kappa shape index (κ3) is 2.65. The molecule has 5 nitrogen and oxygen atoms in total. The second-order valence-electron chi connectivity index (χ2n) is 4.60. The molecule has 4 N–H and O–H groups in total. The molecule has 0 aromatic heterocycles. The lowest BCUT2D eigenvalue weighted by Gasteiger charge is -2.24. The van der Waals surface area contributed by atoms with Crippen LogP contribution in [0.2, 0.25) is 0 Å². The Kier molecular flexibility index (Phi) is 3.64. The number of hydrogen-bond acceptors (Lipinski definition) is 5. The van der Waals surface area contributed by atoms with Crippen molar-refractivity contribution in [3.8, 4) is 5.75 Å². The summed E-state index contributed by atoms with van der Waals surface area (Å²) in [6, 6.07) is 4.18. The standard InChI is InChI=1S/C14H20N4O/c1-8-6-12(19-4)9(2)5-10(8)11-7-13(16-3)18-14(15)17-11/h5-7,11,16H,1-4H3,(H3,15,17,18). The van der Waals surface area contributed by atoms with Crippen LogP contribution in [0.25, 0.3) is 0 Å². The van der Waals surface area contributed by atoms with Gasteiger partial charge in [0, 0.05) is 7.05 Å². The van der Waals surface area contributed by atoms with Gasteiger partial charge < -0.3 is 21.1 Å². The van der Waals surface area contributed by atoms with Crippen molar-refractivity contribution in [2.45, 2.75) is 19.9 Å². The molecule has 102 valence electrons. The summed E-state index contributed by atoms with van der Waals surface area (Å²) in [4.78, 5) is 4.17. The number of benzene rings is 1. The van der Waals surface area contributed by atoms with Gasteiger partial charge in [0.05, 0.1) is 13.2 Å². The zero-order valence-electron chi connectivity index (χ0n) is 11.7. The fourth-order valence-electron chi connectivity index (χ4n) is 2.23. The molecular weight excluding hydrogens is 240 g/mol. The summed E-state index contributed by atoms with van der Waals surface area (Å²) in [5.41, 5.74) is 9.23. The highest BCUT2D eigenvalue weighted by atomic mass is 16.5. The van der Waals surface area contributed by atoms with Crippen LogP contribution < -0.4 is 21.1 Å². The number of hydrogen-bond donors (Lipinski definition) is 3. The third-order valence-corrected chi connectivity index (χ3v) is 3.24. The van der Waals surface area contributed by atoms with E-state index in [9.17, 15) is 0 Å². The van der Waals surface area contributed by atoms with Gasteiger partial charge in [-0.05, 0) is 48.7 Å². The van der Waals surface area contributed by atoms with Gasteiger partial charge in [-0.25, -0.2) is 0 Å². The molecule has 19 heavy (non-hydrogen) atoms. The summed E-state index contributed by atoms with van der Waals surface area (Å²) in [6.07, 6.45) is 2.02. The second-order valence-corrected chi connectivity index (χ2v) is 4.60. The first-order chi connectivity index (χ1) is 9.05. The largest absolute Gasteiger partial charge is 0.496 e. The minimum Gasteiger partial charge on any atom is -0.496 e. The van der Waals surface area contributed by atoms with Gasteiger partial charge in [-0.15, -0.1) is 0 Å². The third-order valence-electron chi connectivity index (χ3n) is 3.24. The Hall–Kier alpha value is -2.17. The molecule has 1 atom stereocenters. The van der Waals surface area contributed by atoms with E-state index in [0.29, 0.717) is 5.96 Å². The number of guanidine groups is 1. The Morgan fingerprint density at radius 2 is 2.05 bits per heavy atom. The topological polar surface area (TPSA) is 71.7 Å². The quantitative estimate of drug-likeness (QED) is 0.766. The van der Waals surface area contributed by atoms with Gasteiger partial charge in [-0.2, -0.15) is 4.99 Å². The van der Waals surface area contributed by atoms with E-state index in [-0.39, 0.29) is 6.04 Å². The van der Waals surface area contributed by atoms with Crippen LogP contribution in [0.15, 0.2) is 29.0 Å². The van der Waals surface area contributed by atoms with E-state index >= 15 is 0 Å². The highest BCUT2D eigenvalue weighted by Gasteiger charge is 2.18. The fourth-order valence-corrected chi connectivity index (χ4v) is 2.23. The van der Waals surface area contributed by atoms with E-state index in [1.165, 1.54) is 5.56 Å². The van der Waals surface area contributed by atoms with Crippen molar-refractivity contribution in [1.29, 1.82) is 0 Å². The molecule has 0 saturated heterocycles. The Morgan fingerprint density at radius 1 is 1.32 bits per heavy atom. The average molecular weight is 260 g/mol. The van der Waals surface area contributed by atoms with Crippen molar-refractivity contribution in [2.75, 3.05) is 14.2 Å². The lowest BCUT2D eigenvalue weighted by atomic mass is 9.97. The molecular formula is C14H20N4O. The number of methoxy groups -OCH3 is 1. The normalized spacial score (nSPS) is 18.2. The van der Waals surface area contributed by atoms with Crippen molar-refractivity contribution in [1.82, 2.24) is 10.6 Å². The van der Waals surface area contributed by atoms with Crippen LogP contribution in [0.5, 0.6) is 5.75 Å². The molecule has 1 aromatic carbocycles. The van der Waals surface area contributed by atoms with E-state index in [2.05, 4.69) is 28.6 Å². The Bertz CT molecular complexity index is 549. The number of rotatable bonds is 3. The number of nitrogens with zero attached hydrogens (tertiary/aromatic N) is 1. The number of nitrogens with one attached hydrogen (secondary N) is 2. The molecule has 0 spiro atoms. The van der Waals surface area contributed by atoms with Crippen molar-refractivity contribution in [3.05, 3.63) is 40.7 Å². The number of aryl methyl sites for hydroxylation is 2. The molecule has 0 radical (unpaired) electrons. The summed E-state index contributed by atoms with van der Waals surface area (Å²) >= 11 is 0. The van der Waals surface area contributed by atoms with Gasteiger partial charge in [0.15, 0.2) is 5.96 Å². The zero-order chi connectivity index (χ0) is 14.0. The van der Waals surface area contributed by atoms with Crippen LogP contribution in [-0.4, -0.2) is 20.1 Å². The van der Waals surface area contributed by atoms with E-state index in [1.807, 2.05) is 26.1 Å². The van der Waals surface area contributed by atoms with Crippen LogP contribution in [0.3, 0.4) is 0 Å². The van der Waals surface area contributed by atoms with Crippen molar-refractivity contribution < 1.29 is 4.74 Å². The van der Waals surface area contributed by atoms with Gasteiger partial charge in [-0.1, -0.05) is 0 Å². The van der Waals surface area contributed by atoms with Crippen LogP contribution in [-0.2, 0) is 0 Å². The van der Waals surface area contributed by atoms with Crippen LogP contribution in [0, 0.1) is 13.8 Å². The number of nitrogens with two attached hydrogens (primary N) is 1. The molecule has 0 fully saturated rings. The molecule has 1 aromatic rings.